The van der Waals surface area contributed by atoms with Gasteiger partial charge in [-0.15, -0.1) is 0 Å². The van der Waals surface area contributed by atoms with Crippen LogP contribution < -0.4 is 5.32 Å². The van der Waals surface area contributed by atoms with Crippen LogP contribution in [0, 0.1) is 56.8 Å². The molecule has 7 heteroatoms. The second-order valence-corrected chi connectivity index (χ2v) is 2.84. The van der Waals surface area contributed by atoms with Crippen molar-refractivity contribution in [2.24, 2.45) is 0 Å². The highest BCUT2D eigenvalue weighted by Crippen LogP contribution is 2.30. The molecule has 0 aliphatic carbocycles. The largest absolute Gasteiger partial charge is 0.357 e. The normalized spacial score (nSPS) is 18.8. The fourth-order valence-electron chi connectivity index (χ4n) is 1.29. The van der Waals surface area contributed by atoms with Crippen molar-refractivity contribution >= 4 is 0 Å². The van der Waals surface area contributed by atoms with Crippen molar-refractivity contribution in [2.45, 2.75) is 11.1 Å². The first kappa shape index (κ1) is 10.9. The van der Waals surface area contributed by atoms with Crippen molar-refractivity contribution in [3.05, 3.63) is 12.4 Å². The molecule has 0 bridgehead atoms. The molecule has 0 aromatic heterocycles. The Balaban J connectivity index is 3.60. The summed E-state index contributed by atoms with van der Waals surface area (Å²) in [5.41, 5.74) is -4.29. The lowest BCUT2D eigenvalue weighted by Crippen LogP contribution is -2.66. The van der Waals surface area contributed by atoms with E-state index in [4.69, 9.17) is 26.3 Å². The highest BCUT2D eigenvalue weighted by Gasteiger charge is 2.60. The van der Waals surface area contributed by atoms with Gasteiger partial charge in [0.05, 0.1) is 0 Å². The van der Waals surface area contributed by atoms with Crippen molar-refractivity contribution in [2.75, 3.05) is 0 Å². The van der Waals surface area contributed by atoms with Gasteiger partial charge in [0, 0.05) is 12.4 Å². The molecule has 1 N–H and O–H groups in total. The van der Waals surface area contributed by atoms with Crippen molar-refractivity contribution < 1.29 is 0 Å². The number of hydrogen-bond acceptors (Lipinski definition) is 7. The third-order valence-electron chi connectivity index (χ3n) is 2.19. The molecule has 1 aliphatic rings. The molecule has 7 nitrogen and oxygen atoms in total. The van der Waals surface area contributed by atoms with Gasteiger partial charge in [-0.25, -0.2) is 4.90 Å². The molecule has 1 heterocycles. The average molecular weight is 209 g/mol. The van der Waals surface area contributed by atoms with Crippen LogP contribution in [0.25, 0.3) is 0 Å². The van der Waals surface area contributed by atoms with E-state index in [0.29, 0.717) is 4.90 Å². The topological polar surface area (TPSA) is 134 Å². The highest BCUT2D eigenvalue weighted by atomic mass is 15.3. The van der Waals surface area contributed by atoms with Crippen LogP contribution in [0.5, 0.6) is 0 Å². The van der Waals surface area contributed by atoms with Crippen LogP contribution in [0.1, 0.15) is 0 Å². The molecule has 0 aromatic rings. The van der Waals surface area contributed by atoms with Crippen LogP contribution in [0.3, 0.4) is 0 Å². The van der Waals surface area contributed by atoms with Crippen molar-refractivity contribution in [1.82, 2.24) is 10.2 Å². The van der Waals surface area contributed by atoms with E-state index < -0.39 is 11.1 Å². The van der Waals surface area contributed by atoms with Gasteiger partial charge < -0.3 is 5.32 Å². The summed E-state index contributed by atoms with van der Waals surface area (Å²) >= 11 is 0. The van der Waals surface area contributed by atoms with Gasteiger partial charge >= 0.3 is 0 Å². The van der Waals surface area contributed by atoms with Gasteiger partial charge in [0.25, 0.3) is 11.1 Å². The van der Waals surface area contributed by atoms with E-state index in [1.54, 1.807) is 30.5 Å². The van der Waals surface area contributed by atoms with Gasteiger partial charge in [0.1, 0.15) is 24.3 Å². The van der Waals surface area contributed by atoms with Gasteiger partial charge in [-0.05, 0) is 0 Å². The summed E-state index contributed by atoms with van der Waals surface area (Å²) in [5, 5.41) is 47.0. The van der Waals surface area contributed by atoms with Crippen molar-refractivity contribution in [1.29, 1.82) is 26.3 Å². The smallest absolute Gasteiger partial charge is 0.277 e. The van der Waals surface area contributed by atoms with Crippen LogP contribution in [0.4, 0.5) is 0 Å². The molecule has 0 fully saturated rings. The van der Waals surface area contributed by atoms with Crippen LogP contribution in [0.2, 0.25) is 0 Å². The average Bonchev–Trinajstić information content (AvgIpc) is 2.37. The zero-order valence-corrected chi connectivity index (χ0v) is 7.84. The predicted octanol–water partition coefficient (Wildman–Crippen LogP) is -0.584. The fourth-order valence-corrected chi connectivity index (χ4v) is 1.29. The first-order valence-corrected chi connectivity index (χ1v) is 3.95. The summed E-state index contributed by atoms with van der Waals surface area (Å²) < 4.78 is 0. The SMILES string of the molecule is N#CN1C=CNC(C#N)(C#N)C1(C#N)C#N. The van der Waals surface area contributed by atoms with Gasteiger partial charge in [-0.3, -0.25) is 0 Å². The molecule has 1 aliphatic heterocycles. The Morgan fingerprint density at radius 1 is 0.938 bits per heavy atom. The number of rotatable bonds is 0. The lowest BCUT2D eigenvalue weighted by molar-refractivity contribution is 0.253. The summed E-state index contributed by atoms with van der Waals surface area (Å²) in [7, 11) is 0. The quantitative estimate of drug-likeness (QED) is 0.527. The number of nitrogens with one attached hydrogen (secondary N) is 1. The van der Waals surface area contributed by atoms with E-state index in [9.17, 15) is 0 Å². The Hall–Kier alpha value is -3.21. The molecular formula is C9H3N7. The minimum absolute atomic E-state index is 0.677. The second-order valence-electron chi connectivity index (χ2n) is 2.84. The lowest BCUT2D eigenvalue weighted by Gasteiger charge is -2.38. The van der Waals surface area contributed by atoms with Crippen LogP contribution >= 0.6 is 0 Å². The van der Waals surface area contributed by atoms with E-state index in [-0.39, 0.29) is 0 Å². The molecule has 1 rings (SSSR count). The van der Waals surface area contributed by atoms with E-state index in [1.165, 1.54) is 6.20 Å². The Bertz CT molecular complexity index is 511. The zero-order chi connectivity index (χ0) is 12.2. The summed E-state index contributed by atoms with van der Waals surface area (Å²) in [6.45, 7) is 0. The molecule has 0 aromatic carbocycles. The lowest BCUT2D eigenvalue weighted by atomic mass is 9.78. The number of nitrogens with zero attached hydrogens (tertiary/aromatic N) is 6. The fraction of sp³-hybridized carbons (Fsp3) is 0.222. The molecule has 0 saturated carbocycles. The number of hydrogen-bond donors (Lipinski definition) is 1. The monoisotopic (exact) mass is 209 g/mol. The minimum atomic E-state index is -2.19. The summed E-state index contributed by atoms with van der Waals surface area (Å²) in [4.78, 5) is 0.677. The summed E-state index contributed by atoms with van der Waals surface area (Å²) in [6, 6.07) is 6.21. The summed E-state index contributed by atoms with van der Waals surface area (Å²) in [6.07, 6.45) is 3.87. The minimum Gasteiger partial charge on any atom is -0.357 e. The van der Waals surface area contributed by atoms with E-state index >= 15 is 0 Å². The Morgan fingerprint density at radius 3 is 1.88 bits per heavy atom. The van der Waals surface area contributed by atoms with Gasteiger partial charge in [0.2, 0.25) is 0 Å². The Labute approximate surface area is 91.2 Å². The third kappa shape index (κ3) is 0.962. The molecule has 0 amide bonds. The van der Waals surface area contributed by atoms with E-state index in [1.807, 2.05) is 0 Å². The first-order valence-electron chi connectivity index (χ1n) is 3.95. The second kappa shape index (κ2) is 3.50. The van der Waals surface area contributed by atoms with Crippen LogP contribution in [-0.2, 0) is 0 Å². The molecule has 0 spiro atoms. The molecule has 0 radical (unpaired) electrons. The van der Waals surface area contributed by atoms with Crippen LogP contribution in [0.15, 0.2) is 12.4 Å². The van der Waals surface area contributed by atoms with E-state index in [0.717, 1.165) is 6.20 Å². The standard InChI is InChI=1S/C9H3N7/c10-3-8(4-11)9(5-12,6-13)16(7-14)2-1-15-8/h1-2,15H. The van der Waals surface area contributed by atoms with E-state index in [2.05, 4.69) is 5.32 Å². The number of nitriles is 5. The van der Waals surface area contributed by atoms with Gasteiger partial charge in [0.15, 0.2) is 6.19 Å². The molecule has 74 valence electrons. The Morgan fingerprint density at radius 2 is 1.50 bits per heavy atom. The molecule has 16 heavy (non-hydrogen) atoms. The maximum atomic E-state index is 9.00. The van der Waals surface area contributed by atoms with Crippen LogP contribution in [-0.4, -0.2) is 16.0 Å². The highest BCUT2D eigenvalue weighted by molar-refractivity contribution is 5.49. The molecule has 0 atom stereocenters. The first-order chi connectivity index (χ1) is 7.66. The van der Waals surface area contributed by atoms with Crippen molar-refractivity contribution in [3.8, 4) is 30.5 Å². The molecule has 0 unspecified atom stereocenters. The third-order valence-corrected chi connectivity index (χ3v) is 2.19. The predicted molar refractivity (Wildman–Crippen MR) is 47.6 cm³/mol. The van der Waals surface area contributed by atoms with Crippen molar-refractivity contribution in [3.63, 3.8) is 0 Å². The maximum Gasteiger partial charge on any atom is 0.277 e. The zero-order valence-electron chi connectivity index (χ0n) is 7.84. The van der Waals surface area contributed by atoms with Gasteiger partial charge in [-0.1, -0.05) is 0 Å². The van der Waals surface area contributed by atoms with Gasteiger partial charge in [-0.2, -0.15) is 26.3 Å². The summed E-state index contributed by atoms with van der Waals surface area (Å²) in [5.74, 6) is 0. The molecule has 0 saturated heterocycles. The maximum absolute atomic E-state index is 9.00. The Kier molecular flexibility index (Phi) is 2.38. The molecular weight excluding hydrogens is 206 g/mol.